The molecule has 3 aromatic rings. The minimum atomic E-state index is 0.00681. The minimum Gasteiger partial charge on any atom is -0.507 e. The fraction of sp³-hybridized carbons (Fsp3) is 0.0588. The number of phenolic OH excluding ortho intramolecular Hbond substituents is 2. The zero-order chi connectivity index (χ0) is 15.0. The first-order valence-electron chi connectivity index (χ1n) is 6.39. The topological polar surface area (TPSA) is 49.7 Å². The van der Waals surface area contributed by atoms with Gasteiger partial charge in [0.1, 0.15) is 5.75 Å². The highest BCUT2D eigenvalue weighted by Gasteiger charge is 2.17. The third-order valence-corrected chi connectivity index (χ3v) is 3.89. The van der Waals surface area contributed by atoms with Crippen molar-refractivity contribution in [1.29, 1.82) is 0 Å². The number of halogens is 1. The van der Waals surface area contributed by atoms with E-state index in [-0.39, 0.29) is 11.5 Å². The maximum Gasteiger partial charge on any atom is 0.165 e. The zero-order valence-electron chi connectivity index (χ0n) is 11.3. The van der Waals surface area contributed by atoms with Gasteiger partial charge in [-0.3, -0.25) is 0 Å². The Labute approximate surface area is 130 Å². The van der Waals surface area contributed by atoms with Crippen molar-refractivity contribution in [3.63, 3.8) is 0 Å². The van der Waals surface area contributed by atoms with Crippen LogP contribution in [0.1, 0.15) is 0 Å². The SMILES string of the molecule is COc1cc(Br)cc(-c2c(O)ccc3ccccc23)c1O. The second kappa shape index (κ2) is 5.30. The Morgan fingerprint density at radius 1 is 1.00 bits per heavy atom. The molecule has 0 aliphatic heterocycles. The Bertz CT molecular complexity index is 828. The van der Waals surface area contributed by atoms with Gasteiger partial charge in [0.15, 0.2) is 11.5 Å². The maximum atomic E-state index is 10.4. The molecule has 0 atom stereocenters. The van der Waals surface area contributed by atoms with Crippen molar-refractivity contribution in [2.75, 3.05) is 7.11 Å². The molecular formula is C17H13BrO3. The van der Waals surface area contributed by atoms with Gasteiger partial charge in [-0.15, -0.1) is 0 Å². The van der Waals surface area contributed by atoms with E-state index < -0.39 is 0 Å². The third-order valence-electron chi connectivity index (χ3n) is 3.44. The van der Waals surface area contributed by atoms with Gasteiger partial charge >= 0.3 is 0 Å². The summed E-state index contributed by atoms with van der Waals surface area (Å²) in [6.45, 7) is 0. The van der Waals surface area contributed by atoms with Crippen LogP contribution in [0.15, 0.2) is 53.0 Å². The van der Waals surface area contributed by atoms with Crippen LogP contribution >= 0.6 is 15.9 Å². The monoisotopic (exact) mass is 344 g/mol. The fourth-order valence-corrected chi connectivity index (χ4v) is 2.90. The van der Waals surface area contributed by atoms with Crippen LogP contribution in [-0.2, 0) is 0 Å². The van der Waals surface area contributed by atoms with Crippen molar-refractivity contribution in [1.82, 2.24) is 0 Å². The molecule has 106 valence electrons. The quantitative estimate of drug-likeness (QED) is 0.708. The zero-order valence-corrected chi connectivity index (χ0v) is 12.9. The summed E-state index contributed by atoms with van der Waals surface area (Å²) in [5.74, 6) is 0.475. The van der Waals surface area contributed by atoms with Gasteiger partial charge in [0, 0.05) is 15.6 Å². The Kier molecular flexibility index (Phi) is 3.47. The summed E-state index contributed by atoms with van der Waals surface area (Å²) in [7, 11) is 1.49. The first-order valence-corrected chi connectivity index (χ1v) is 7.18. The molecule has 0 aliphatic rings. The highest BCUT2D eigenvalue weighted by molar-refractivity contribution is 9.10. The molecule has 0 saturated carbocycles. The van der Waals surface area contributed by atoms with E-state index in [4.69, 9.17) is 4.74 Å². The molecule has 0 radical (unpaired) electrons. The lowest BCUT2D eigenvalue weighted by molar-refractivity contribution is 0.374. The molecule has 0 saturated heterocycles. The molecule has 0 aliphatic carbocycles. The fourth-order valence-electron chi connectivity index (χ4n) is 2.46. The third kappa shape index (κ3) is 2.32. The van der Waals surface area contributed by atoms with Crippen molar-refractivity contribution in [3.05, 3.63) is 53.0 Å². The summed E-state index contributed by atoms with van der Waals surface area (Å²) >= 11 is 3.40. The maximum absolute atomic E-state index is 10.4. The van der Waals surface area contributed by atoms with Gasteiger partial charge < -0.3 is 14.9 Å². The molecule has 0 unspecified atom stereocenters. The van der Waals surface area contributed by atoms with Gasteiger partial charge in [0.05, 0.1) is 7.11 Å². The van der Waals surface area contributed by atoms with Crippen molar-refractivity contribution < 1.29 is 14.9 Å². The first-order chi connectivity index (χ1) is 10.1. The summed E-state index contributed by atoms with van der Waals surface area (Å²) in [4.78, 5) is 0. The van der Waals surface area contributed by atoms with Crippen molar-refractivity contribution in [2.24, 2.45) is 0 Å². The van der Waals surface area contributed by atoms with E-state index in [9.17, 15) is 10.2 Å². The van der Waals surface area contributed by atoms with E-state index in [1.807, 2.05) is 30.3 Å². The van der Waals surface area contributed by atoms with Crippen LogP contribution in [0.5, 0.6) is 17.2 Å². The Morgan fingerprint density at radius 3 is 2.52 bits per heavy atom. The molecule has 2 N–H and O–H groups in total. The van der Waals surface area contributed by atoms with Crippen LogP contribution in [0.3, 0.4) is 0 Å². The highest BCUT2D eigenvalue weighted by Crippen LogP contribution is 2.45. The van der Waals surface area contributed by atoms with E-state index >= 15 is 0 Å². The van der Waals surface area contributed by atoms with Gasteiger partial charge in [-0.1, -0.05) is 46.3 Å². The average molecular weight is 345 g/mol. The van der Waals surface area contributed by atoms with Crippen LogP contribution < -0.4 is 4.74 Å². The van der Waals surface area contributed by atoms with Gasteiger partial charge in [-0.2, -0.15) is 0 Å². The largest absolute Gasteiger partial charge is 0.507 e. The number of methoxy groups -OCH3 is 1. The van der Waals surface area contributed by atoms with Crippen molar-refractivity contribution >= 4 is 26.7 Å². The molecule has 0 heterocycles. The molecule has 0 bridgehead atoms. The number of fused-ring (bicyclic) bond motifs is 1. The van der Waals surface area contributed by atoms with Gasteiger partial charge in [-0.05, 0) is 29.0 Å². The summed E-state index contributed by atoms with van der Waals surface area (Å²) in [5, 5.41) is 22.5. The van der Waals surface area contributed by atoms with Crippen LogP contribution in [-0.4, -0.2) is 17.3 Å². The number of hydrogen-bond donors (Lipinski definition) is 2. The van der Waals surface area contributed by atoms with E-state index in [1.54, 1.807) is 18.2 Å². The molecule has 0 fully saturated rings. The standard InChI is InChI=1S/C17H13BrO3/c1-21-15-9-11(18)8-13(17(15)20)16-12-5-3-2-4-10(12)6-7-14(16)19/h2-9,19-20H,1H3. The van der Waals surface area contributed by atoms with Crippen LogP contribution in [0.25, 0.3) is 21.9 Å². The highest BCUT2D eigenvalue weighted by atomic mass is 79.9. The predicted octanol–water partition coefficient (Wildman–Crippen LogP) is 4.69. The lowest BCUT2D eigenvalue weighted by atomic mass is 9.96. The van der Waals surface area contributed by atoms with Gasteiger partial charge in [0.25, 0.3) is 0 Å². The van der Waals surface area contributed by atoms with E-state index in [0.717, 1.165) is 15.2 Å². The second-order valence-corrected chi connectivity index (χ2v) is 5.60. The van der Waals surface area contributed by atoms with Crippen LogP contribution in [0.2, 0.25) is 0 Å². The second-order valence-electron chi connectivity index (χ2n) is 4.69. The predicted molar refractivity (Wildman–Crippen MR) is 87.0 cm³/mol. The molecule has 3 nitrogen and oxygen atoms in total. The summed E-state index contributed by atoms with van der Waals surface area (Å²) in [6.07, 6.45) is 0. The normalized spacial score (nSPS) is 10.8. The van der Waals surface area contributed by atoms with E-state index in [2.05, 4.69) is 15.9 Å². The number of ether oxygens (including phenoxy) is 1. The number of phenols is 2. The summed E-state index contributed by atoms with van der Waals surface area (Å²) < 4.78 is 5.94. The van der Waals surface area contributed by atoms with Crippen molar-refractivity contribution in [2.45, 2.75) is 0 Å². The molecule has 3 aromatic carbocycles. The Hall–Kier alpha value is -2.20. The van der Waals surface area contributed by atoms with Gasteiger partial charge in [-0.25, -0.2) is 0 Å². The summed E-state index contributed by atoms with van der Waals surface area (Å²) in [5.41, 5.74) is 1.11. The molecule has 4 heteroatoms. The van der Waals surface area contributed by atoms with E-state index in [0.29, 0.717) is 16.9 Å². The molecule has 0 spiro atoms. The number of aromatic hydroxyl groups is 2. The first kappa shape index (κ1) is 13.8. The average Bonchev–Trinajstić information content (AvgIpc) is 2.49. The minimum absolute atomic E-state index is 0.00681. The number of hydrogen-bond acceptors (Lipinski definition) is 3. The smallest absolute Gasteiger partial charge is 0.165 e. The van der Waals surface area contributed by atoms with Crippen molar-refractivity contribution in [3.8, 4) is 28.4 Å². The number of benzene rings is 3. The molecule has 0 amide bonds. The Morgan fingerprint density at radius 2 is 1.76 bits per heavy atom. The number of rotatable bonds is 2. The Balaban J connectivity index is 2.40. The van der Waals surface area contributed by atoms with Crippen LogP contribution in [0, 0.1) is 0 Å². The van der Waals surface area contributed by atoms with Gasteiger partial charge in [0.2, 0.25) is 0 Å². The van der Waals surface area contributed by atoms with Crippen LogP contribution in [0.4, 0.5) is 0 Å². The lowest BCUT2D eigenvalue weighted by Gasteiger charge is -2.14. The molecule has 21 heavy (non-hydrogen) atoms. The van der Waals surface area contributed by atoms with E-state index in [1.165, 1.54) is 7.11 Å². The molecule has 3 rings (SSSR count). The summed E-state index contributed by atoms with van der Waals surface area (Å²) in [6, 6.07) is 14.6. The molecule has 0 aromatic heterocycles. The molecular weight excluding hydrogens is 332 g/mol. The lowest BCUT2D eigenvalue weighted by Crippen LogP contribution is -1.89.